The first kappa shape index (κ1) is 18.6. The fourth-order valence-corrected chi connectivity index (χ4v) is 5.56. The van der Waals surface area contributed by atoms with Gasteiger partial charge in [0.1, 0.15) is 5.01 Å². The second-order valence-electron chi connectivity index (χ2n) is 7.62. The quantitative estimate of drug-likeness (QED) is 0.665. The van der Waals surface area contributed by atoms with Crippen molar-refractivity contribution in [3.63, 3.8) is 0 Å². The van der Waals surface area contributed by atoms with Crippen LogP contribution in [0.3, 0.4) is 0 Å². The molecule has 142 valence electrons. The predicted molar refractivity (Wildman–Crippen MR) is 114 cm³/mol. The number of nitrogens with two attached hydrogens (primary N) is 1. The lowest BCUT2D eigenvalue weighted by Crippen LogP contribution is -2.43. The van der Waals surface area contributed by atoms with Crippen LogP contribution in [0.1, 0.15) is 54.6 Å². The molecular formula is C21H26N4S2. The minimum atomic E-state index is -0.0299. The number of benzene rings is 1. The lowest BCUT2D eigenvalue weighted by atomic mass is 9.71. The highest BCUT2D eigenvalue weighted by Gasteiger charge is 2.39. The zero-order valence-corrected chi connectivity index (χ0v) is 17.5. The maximum Gasteiger partial charge on any atom is 0.180 e. The van der Waals surface area contributed by atoms with Crippen molar-refractivity contribution in [2.75, 3.05) is 18.8 Å². The molecule has 0 atom stereocenters. The van der Waals surface area contributed by atoms with Crippen molar-refractivity contribution < 1.29 is 0 Å². The summed E-state index contributed by atoms with van der Waals surface area (Å²) in [7, 11) is 0. The van der Waals surface area contributed by atoms with Gasteiger partial charge in [0.2, 0.25) is 0 Å². The van der Waals surface area contributed by atoms with Crippen molar-refractivity contribution in [2.45, 2.75) is 44.6 Å². The van der Waals surface area contributed by atoms with Crippen LogP contribution in [0.4, 0.5) is 5.13 Å². The molecule has 1 aromatic carbocycles. The second kappa shape index (κ2) is 7.70. The Kier molecular flexibility index (Phi) is 5.30. The normalized spacial score (nSPS) is 17.4. The number of likely N-dealkylation sites (tertiary alicyclic amines) is 1. The molecule has 1 aliphatic rings. The van der Waals surface area contributed by atoms with E-state index in [1.165, 1.54) is 16.3 Å². The van der Waals surface area contributed by atoms with Gasteiger partial charge in [-0.3, -0.25) is 4.90 Å². The first-order valence-electron chi connectivity index (χ1n) is 9.50. The van der Waals surface area contributed by atoms with Gasteiger partial charge in [-0.25, -0.2) is 9.97 Å². The van der Waals surface area contributed by atoms with Gasteiger partial charge in [-0.1, -0.05) is 44.2 Å². The average Bonchev–Trinajstić information content (AvgIpc) is 3.33. The number of anilines is 1. The molecule has 0 aliphatic carbocycles. The Balaban J connectivity index is 1.53. The third-order valence-electron chi connectivity index (χ3n) is 5.57. The third-order valence-corrected chi connectivity index (χ3v) is 7.09. The van der Waals surface area contributed by atoms with Crippen LogP contribution in [0.2, 0.25) is 0 Å². The molecule has 2 aromatic heterocycles. The predicted octanol–water partition coefficient (Wildman–Crippen LogP) is 4.89. The topological polar surface area (TPSA) is 55.0 Å². The molecule has 2 N–H and O–H groups in total. The molecule has 0 bridgehead atoms. The zero-order valence-electron chi connectivity index (χ0n) is 15.9. The number of aromatic nitrogens is 2. The Bertz CT molecular complexity index is 876. The van der Waals surface area contributed by atoms with Crippen LogP contribution in [-0.4, -0.2) is 28.0 Å². The van der Waals surface area contributed by atoms with Crippen LogP contribution >= 0.6 is 22.7 Å². The van der Waals surface area contributed by atoms with Crippen molar-refractivity contribution in [3.8, 4) is 0 Å². The summed E-state index contributed by atoms with van der Waals surface area (Å²) in [6, 6.07) is 10.8. The maximum absolute atomic E-state index is 5.97. The zero-order chi connectivity index (χ0) is 18.9. The number of nitrogens with zero attached hydrogens (tertiary/aromatic N) is 3. The standard InChI is InChI=1S/C21H26N4S2/c1-15(2)17-13-26-19(23-17)12-25-10-8-21(9-11-25,16-6-4-3-5-7-16)18-14-27-20(22)24-18/h3-7,13-15H,8-12H2,1-2H3,(H2,22,24). The monoisotopic (exact) mass is 398 g/mol. The van der Waals surface area contributed by atoms with E-state index in [4.69, 9.17) is 10.7 Å². The van der Waals surface area contributed by atoms with Gasteiger partial charge in [-0.15, -0.1) is 22.7 Å². The van der Waals surface area contributed by atoms with E-state index in [1.807, 2.05) is 0 Å². The largest absolute Gasteiger partial charge is 0.375 e. The van der Waals surface area contributed by atoms with E-state index in [1.54, 1.807) is 22.7 Å². The summed E-state index contributed by atoms with van der Waals surface area (Å²) in [5.41, 5.74) is 9.63. The third kappa shape index (κ3) is 3.79. The molecule has 0 radical (unpaired) electrons. The highest BCUT2D eigenvalue weighted by molar-refractivity contribution is 7.13. The summed E-state index contributed by atoms with van der Waals surface area (Å²) in [6.45, 7) is 7.44. The average molecular weight is 399 g/mol. The van der Waals surface area contributed by atoms with Crippen molar-refractivity contribution in [2.24, 2.45) is 0 Å². The van der Waals surface area contributed by atoms with E-state index in [2.05, 4.69) is 64.8 Å². The van der Waals surface area contributed by atoms with Gasteiger partial charge in [-0.2, -0.15) is 0 Å². The van der Waals surface area contributed by atoms with E-state index in [0.29, 0.717) is 11.0 Å². The SMILES string of the molecule is CC(C)c1csc(CN2CCC(c3ccccc3)(c3csc(N)n3)CC2)n1. The first-order chi connectivity index (χ1) is 13.1. The van der Waals surface area contributed by atoms with Crippen LogP contribution in [0.15, 0.2) is 41.1 Å². The van der Waals surface area contributed by atoms with Crippen LogP contribution in [-0.2, 0) is 12.0 Å². The summed E-state index contributed by atoms with van der Waals surface area (Å²) in [5, 5.41) is 6.24. The number of nitrogen functional groups attached to an aromatic ring is 1. The summed E-state index contributed by atoms with van der Waals surface area (Å²) >= 11 is 3.33. The Labute approximate surface area is 169 Å². The molecule has 4 rings (SSSR count). The molecular weight excluding hydrogens is 372 g/mol. The second-order valence-corrected chi connectivity index (χ2v) is 9.45. The van der Waals surface area contributed by atoms with Crippen LogP contribution < -0.4 is 5.73 Å². The highest BCUT2D eigenvalue weighted by Crippen LogP contribution is 2.42. The van der Waals surface area contributed by atoms with Gasteiger partial charge in [0, 0.05) is 16.2 Å². The number of rotatable bonds is 5. The first-order valence-corrected chi connectivity index (χ1v) is 11.3. The highest BCUT2D eigenvalue weighted by atomic mass is 32.1. The van der Waals surface area contributed by atoms with E-state index in [9.17, 15) is 0 Å². The lowest BCUT2D eigenvalue weighted by Gasteiger charge is -2.41. The smallest absolute Gasteiger partial charge is 0.180 e. The van der Waals surface area contributed by atoms with E-state index in [0.717, 1.165) is 38.2 Å². The minimum Gasteiger partial charge on any atom is -0.375 e. The number of hydrogen-bond acceptors (Lipinski definition) is 6. The van der Waals surface area contributed by atoms with Crippen LogP contribution in [0, 0.1) is 0 Å². The van der Waals surface area contributed by atoms with E-state index in [-0.39, 0.29) is 5.41 Å². The molecule has 0 spiro atoms. The molecule has 6 heteroatoms. The molecule has 3 aromatic rings. The fraction of sp³-hybridized carbons (Fsp3) is 0.429. The molecule has 0 amide bonds. The number of piperidine rings is 1. The summed E-state index contributed by atoms with van der Waals surface area (Å²) < 4.78 is 0. The Morgan fingerprint density at radius 3 is 2.41 bits per heavy atom. The lowest BCUT2D eigenvalue weighted by molar-refractivity contribution is 0.170. The van der Waals surface area contributed by atoms with Crippen LogP contribution in [0.5, 0.6) is 0 Å². The van der Waals surface area contributed by atoms with E-state index < -0.39 is 0 Å². The van der Waals surface area contributed by atoms with Crippen molar-refractivity contribution in [1.29, 1.82) is 0 Å². The fourth-order valence-electron chi connectivity index (χ4n) is 3.90. The molecule has 0 saturated carbocycles. The van der Waals surface area contributed by atoms with Gasteiger partial charge < -0.3 is 5.73 Å². The van der Waals surface area contributed by atoms with Gasteiger partial charge in [-0.05, 0) is 37.4 Å². The minimum absolute atomic E-state index is 0.0299. The maximum atomic E-state index is 5.97. The Morgan fingerprint density at radius 1 is 1.07 bits per heavy atom. The summed E-state index contributed by atoms with van der Waals surface area (Å²) in [6.07, 6.45) is 2.12. The van der Waals surface area contributed by atoms with Gasteiger partial charge in [0.25, 0.3) is 0 Å². The molecule has 27 heavy (non-hydrogen) atoms. The molecule has 0 unspecified atom stereocenters. The van der Waals surface area contributed by atoms with E-state index >= 15 is 0 Å². The summed E-state index contributed by atoms with van der Waals surface area (Å²) in [5.74, 6) is 0.497. The Morgan fingerprint density at radius 2 is 1.81 bits per heavy atom. The number of hydrogen-bond donors (Lipinski definition) is 1. The van der Waals surface area contributed by atoms with Gasteiger partial charge in [0.05, 0.1) is 17.9 Å². The summed E-state index contributed by atoms with van der Waals surface area (Å²) in [4.78, 5) is 12.0. The van der Waals surface area contributed by atoms with Gasteiger partial charge in [0.15, 0.2) is 5.13 Å². The Hall–Kier alpha value is -1.76. The van der Waals surface area contributed by atoms with Crippen molar-refractivity contribution >= 4 is 27.8 Å². The molecule has 4 nitrogen and oxygen atoms in total. The van der Waals surface area contributed by atoms with Crippen LogP contribution in [0.25, 0.3) is 0 Å². The molecule has 1 aliphatic heterocycles. The number of thiazole rings is 2. The molecule has 3 heterocycles. The molecule has 1 saturated heterocycles. The van der Waals surface area contributed by atoms with Crippen molar-refractivity contribution in [1.82, 2.24) is 14.9 Å². The van der Waals surface area contributed by atoms with Gasteiger partial charge >= 0.3 is 0 Å². The van der Waals surface area contributed by atoms with Crippen molar-refractivity contribution in [3.05, 3.63) is 63.1 Å². The molecule has 1 fully saturated rings.